The van der Waals surface area contributed by atoms with Gasteiger partial charge in [-0.05, 0) is 23.8 Å². The molecule has 2 aromatic rings. The Morgan fingerprint density at radius 1 is 0.818 bits per heavy atom. The number of hydrogen-bond acceptors (Lipinski definition) is 6. The molecule has 0 spiro atoms. The third kappa shape index (κ3) is 3.97. The molecule has 0 bridgehead atoms. The average molecular weight is 345 g/mol. The topological polar surface area (TPSA) is 127 Å². The second-order valence-electron chi connectivity index (χ2n) is 4.45. The smallest absolute Gasteiger partial charge is 0.296 e. The lowest BCUT2D eigenvalue weighted by molar-refractivity contribution is 0.375. The highest BCUT2D eigenvalue weighted by Gasteiger charge is 2.20. The van der Waals surface area contributed by atoms with Crippen LogP contribution in [0.2, 0.25) is 0 Å². The van der Waals surface area contributed by atoms with Gasteiger partial charge in [0.2, 0.25) is 0 Å². The average Bonchev–Trinajstić information content (AvgIpc) is 2.44. The second kappa shape index (κ2) is 6.24. The van der Waals surface area contributed by atoms with E-state index in [-0.39, 0.29) is 22.0 Å². The highest BCUT2D eigenvalue weighted by atomic mass is 32.3. The van der Waals surface area contributed by atoms with Gasteiger partial charge in [0, 0.05) is 6.54 Å². The van der Waals surface area contributed by atoms with Crippen molar-refractivity contribution in [3.63, 3.8) is 0 Å². The minimum atomic E-state index is -4.38. The molecule has 0 unspecified atom stereocenters. The van der Waals surface area contributed by atoms with Gasteiger partial charge in [0.15, 0.2) is 0 Å². The summed E-state index contributed by atoms with van der Waals surface area (Å²) in [6.45, 7) is 0.0269. The van der Waals surface area contributed by atoms with Crippen molar-refractivity contribution in [3.8, 4) is 0 Å². The van der Waals surface area contributed by atoms with Crippen LogP contribution in [0.3, 0.4) is 0 Å². The first-order valence-corrected chi connectivity index (χ1v) is 9.03. The Bertz CT molecular complexity index is 770. The molecule has 0 saturated heterocycles. The fourth-order valence-corrected chi connectivity index (χ4v) is 3.37. The van der Waals surface area contributed by atoms with Gasteiger partial charge < -0.3 is 19.0 Å². The minimum Gasteiger partial charge on any atom is -0.380 e. The number of hydrogen-bond donors (Lipinski definition) is 5. The van der Waals surface area contributed by atoms with E-state index >= 15 is 0 Å². The zero-order valence-corrected chi connectivity index (χ0v) is 12.9. The first-order valence-electron chi connectivity index (χ1n) is 6.08. The second-order valence-corrected chi connectivity index (χ2v) is 7.32. The first kappa shape index (κ1) is 16.7. The molecule has 0 aliphatic carbocycles. The lowest BCUT2D eigenvalue weighted by Crippen LogP contribution is -2.09. The molecular weight excluding hydrogens is 330 g/mol. The van der Waals surface area contributed by atoms with Crippen LogP contribution in [-0.2, 0) is 16.7 Å². The third-order valence-corrected chi connectivity index (χ3v) is 4.80. The van der Waals surface area contributed by atoms with E-state index in [4.69, 9.17) is 4.55 Å². The van der Waals surface area contributed by atoms with Gasteiger partial charge >= 0.3 is 0 Å². The van der Waals surface area contributed by atoms with Crippen LogP contribution in [0.4, 0.5) is 5.69 Å². The summed E-state index contributed by atoms with van der Waals surface area (Å²) in [5, 5.41) is 2.79. The molecule has 0 fully saturated rings. The number of benzene rings is 2. The Morgan fingerprint density at radius 2 is 1.36 bits per heavy atom. The molecule has 2 rings (SSSR count). The van der Waals surface area contributed by atoms with Crippen LogP contribution < -0.4 is 5.32 Å². The van der Waals surface area contributed by atoms with Crippen LogP contribution in [0, 0.1) is 0 Å². The van der Waals surface area contributed by atoms with Crippen molar-refractivity contribution in [3.05, 3.63) is 54.1 Å². The van der Waals surface area contributed by atoms with E-state index in [1.807, 2.05) is 0 Å². The molecule has 7 nitrogen and oxygen atoms in total. The van der Waals surface area contributed by atoms with Gasteiger partial charge in [0.1, 0.15) is 15.8 Å². The summed E-state index contributed by atoms with van der Waals surface area (Å²) in [6.07, 6.45) is 0. The molecule has 22 heavy (non-hydrogen) atoms. The standard InChI is InChI=1S/C13H15NO6S2/c15-21(16,17)12-7-3-1-5-10(12)9-14-11-6-2-4-8-13(11)22(18,19)20/h1-8,14-17H,9H2,(H,18,19,20). The molecule has 0 aliphatic rings. The Kier molecular flexibility index (Phi) is 4.75. The predicted molar refractivity (Wildman–Crippen MR) is 83.8 cm³/mol. The summed E-state index contributed by atoms with van der Waals surface area (Å²) in [4.78, 5) is -0.338. The quantitative estimate of drug-likeness (QED) is 0.527. The molecule has 0 saturated carbocycles. The molecular formula is C13H15NO6S2. The maximum Gasteiger partial charge on any atom is 0.296 e. The lowest BCUT2D eigenvalue weighted by atomic mass is 10.2. The Labute approximate surface area is 129 Å². The maximum atomic E-state index is 11.3. The fourth-order valence-electron chi connectivity index (χ4n) is 1.95. The van der Waals surface area contributed by atoms with Gasteiger partial charge in [-0.25, -0.2) is 0 Å². The van der Waals surface area contributed by atoms with E-state index in [0.29, 0.717) is 5.56 Å². The van der Waals surface area contributed by atoms with Gasteiger partial charge in [0.05, 0.1) is 10.6 Å². The molecule has 2 aromatic carbocycles. The van der Waals surface area contributed by atoms with Gasteiger partial charge in [-0.15, -0.1) is 0 Å². The molecule has 5 N–H and O–H groups in total. The molecule has 0 heterocycles. The van der Waals surface area contributed by atoms with Crippen molar-refractivity contribution in [2.45, 2.75) is 16.3 Å². The summed E-state index contributed by atoms with van der Waals surface area (Å²) in [5.41, 5.74) is 0.546. The van der Waals surface area contributed by atoms with E-state index in [9.17, 15) is 22.1 Å². The largest absolute Gasteiger partial charge is 0.380 e. The molecule has 0 amide bonds. The Hall–Kier alpha value is -1.62. The van der Waals surface area contributed by atoms with E-state index in [0.717, 1.165) is 0 Å². The van der Waals surface area contributed by atoms with Crippen LogP contribution in [-0.4, -0.2) is 26.6 Å². The number of rotatable bonds is 5. The highest BCUT2D eigenvalue weighted by Crippen LogP contribution is 2.45. The van der Waals surface area contributed by atoms with Crippen LogP contribution in [0.1, 0.15) is 5.56 Å². The van der Waals surface area contributed by atoms with Gasteiger partial charge in [-0.3, -0.25) is 4.55 Å². The summed E-state index contributed by atoms with van der Waals surface area (Å²) in [6, 6.07) is 11.8. The van der Waals surface area contributed by atoms with Crippen LogP contribution in [0.15, 0.2) is 58.3 Å². The van der Waals surface area contributed by atoms with Crippen molar-refractivity contribution in [2.75, 3.05) is 5.32 Å². The number of nitrogens with one attached hydrogen (secondary N) is 1. The molecule has 0 radical (unpaired) electrons. The summed E-state index contributed by atoms with van der Waals surface area (Å²) < 4.78 is 59.9. The molecule has 0 atom stereocenters. The fraction of sp³-hybridized carbons (Fsp3) is 0.0769. The predicted octanol–water partition coefficient (Wildman–Crippen LogP) is 3.13. The lowest BCUT2D eigenvalue weighted by Gasteiger charge is -2.22. The normalized spacial score (nSPS) is 12.9. The number of para-hydroxylation sites is 1. The van der Waals surface area contributed by atoms with E-state index in [1.54, 1.807) is 18.2 Å². The van der Waals surface area contributed by atoms with E-state index in [2.05, 4.69) is 5.32 Å². The van der Waals surface area contributed by atoms with Crippen molar-refractivity contribution >= 4 is 26.7 Å². The monoisotopic (exact) mass is 345 g/mol. The van der Waals surface area contributed by atoms with Crippen LogP contribution >= 0.6 is 10.9 Å². The zero-order chi connectivity index (χ0) is 16.4. The van der Waals surface area contributed by atoms with E-state index < -0.39 is 21.0 Å². The number of anilines is 1. The molecule has 0 aliphatic heterocycles. The van der Waals surface area contributed by atoms with Gasteiger partial charge in [0.25, 0.3) is 10.1 Å². The molecule has 0 aromatic heterocycles. The Morgan fingerprint density at radius 3 is 1.95 bits per heavy atom. The van der Waals surface area contributed by atoms with Gasteiger partial charge in [-0.2, -0.15) is 8.42 Å². The Balaban J connectivity index is 2.30. The zero-order valence-electron chi connectivity index (χ0n) is 11.2. The van der Waals surface area contributed by atoms with E-state index in [1.165, 1.54) is 30.3 Å². The first-order chi connectivity index (χ1) is 10.2. The highest BCUT2D eigenvalue weighted by molar-refractivity contribution is 8.19. The van der Waals surface area contributed by atoms with Crippen LogP contribution in [0.25, 0.3) is 0 Å². The third-order valence-electron chi connectivity index (χ3n) is 2.90. The summed E-state index contributed by atoms with van der Waals surface area (Å²) >= 11 is 0. The summed E-state index contributed by atoms with van der Waals surface area (Å²) in [5.74, 6) is 0. The van der Waals surface area contributed by atoms with Crippen LogP contribution in [0.5, 0.6) is 0 Å². The van der Waals surface area contributed by atoms with Crippen molar-refractivity contribution in [1.82, 2.24) is 0 Å². The molecule has 9 heteroatoms. The SMILES string of the molecule is O=S(=O)(O)c1ccccc1NCc1ccccc1S(O)(O)O. The van der Waals surface area contributed by atoms with Crippen molar-refractivity contribution in [2.24, 2.45) is 0 Å². The summed E-state index contributed by atoms with van der Waals surface area (Å²) in [7, 11) is -8.27. The molecule has 120 valence electrons. The van der Waals surface area contributed by atoms with Crippen molar-refractivity contribution < 1.29 is 26.6 Å². The van der Waals surface area contributed by atoms with Gasteiger partial charge in [-0.1, -0.05) is 30.3 Å². The maximum absolute atomic E-state index is 11.3. The van der Waals surface area contributed by atoms with Crippen molar-refractivity contribution in [1.29, 1.82) is 0 Å². The minimum absolute atomic E-state index is 0.0269.